The third-order valence-corrected chi connectivity index (χ3v) is 6.56. The second kappa shape index (κ2) is 12.0. The first-order chi connectivity index (χ1) is 16.0. The first-order valence-electron chi connectivity index (χ1n) is 10.8. The Labute approximate surface area is 204 Å². The van der Waals surface area contributed by atoms with Crippen LogP contribution in [-0.2, 0) is 11.2 Å². The standard InChI is InChI=1S/C25H29NO5S2/c1-5-6-13-31-20-10-8-18(15-22(20)30-4)16-23-24(27)26(25(32)33-23)12-11-17-7-9-19(28-2)21(14-17)29-3/h7-10,14-16H,5-6,11-13H2,1-4H3/b23-16-. The van der Waals surface area contributed by atoms with Gasteiger partial charge in [0, 0.05) is 6.54 Å². The highest BCUT2D eigenvalue weighted by molar-refractivity contribution is 8.26. The Bertz CT molecular complexity index is 1040. The van der Waals surface area contributed by atoms with E-state index in [2.05, 4.69) is 6.92 Å². The third-order valence-electron chi connectivity index (χ3n) is 5.19. The van der Waals surface area contributed by atoms with Crippen LogP contribution in [-0.4, -0.2) is 49.6 Å². The van der Waals surface area contributed by atoms with E-state index in [-0.39, 0.29) is 5.91 Å². The van der Waals surface area contributed by atoms with Crippen molar-refractivity contribution in [1.29, 1.82) is 0 Å². The molecule has 6 nitrogen and oxygen atoms in total. The molecule has 1 aliphatic rings. The van der Waals surface area contributed by atoms with Crippen molar-refractivity contribution < 1.29 is 23.7 Å². The second-order valence-electron chi connectivity index (χ2n) is 7.38. The molecule has 0 radical (unpaired) electrons. The number of hydrogen-bond acceptors (Lipinski definition) is 7. The molecule has 0 aliphatic carbocycles. The van der Waals surface area contributed by atoms with Crippen LogP contribution < -0.4 is 18.9 Å². The van der Waals surface area contributed by atoms with Crippen LogP contribution in [0.3, 0.4) is 0 Å². The molecule has 0 spiro atoms. The number of amides is 1. The number of hydrogen-bond donors (Lipinski definition) is 0. The van der Waals surface area contributed by atoms with Gasteiger partial charge in [-0.15, -0.1) is 0 Å². The zero-order valence-electron chi connectivity index (χ0n) is 19.4. The highest BCUT2D eigenvalue weighted by atomic mass is 32.2. The summed E-state index contributed by atoms with van der Waals surface area (Å²) in [7, 11) is 4.82. The highest BCUT2D eigenvalue weighted by Crippen LogP contribution is 2.35. The number of carbonyl (C=O) groups is 1. The zero-order chi connectivity index (χ0) is 23.8. The molecule has 0 atom stereocenters. The van der Waals surface area contributed by atoms with Crippen LogP contribution in [0.2, 0.25) is 0 Å². The first kappa shape index (κ1) is 24.9. The predicted octanol–water partition coefficient (Wildman–Crippen LogP) is 5.34. The lowest BCUT2D eigenvalue weighted by Gasteiger charge is -2.15. The number of benzene rings is 2. The molecular weight excluding hydrogens is 458 g/mol. The van der Waals surface area contributed by atoms with Gasteiger partial charge in [-0.1, -0.05) is 49.5 Å². The number of methoxy groups -OCH3 is 3. The number of rotatable bonds is 11. The molecule has 33 heavy (non-hydrogen) atoms. The van der Waals surface area contributed by atoms with Crippen molar-refractivity contribution in [2.75, 3.05) is 34.5 Å². The molecule has 3 rings (SSSR count). The van der Waals surface area contributed by atoms with Gasteiger partial charge in [0.15, 0.2) is 23.0 Å². The summed E-state index contributed by atoms with van der Waals surface area (Å²) in [5.41, 5.74) is 1.89. The topological polar surface area (TPSA) is 57.2 Å². The Morgan fingerprint density at radius 1 is 0.970 bits per heavy atom. The van der Waals surface area contributed by atoms with E-state index in [4.69, 9.17) is 31.2 Å². The smallest absolute Gasteiger partial charge is 0.266 e. The normalized spacial score (nSPS) is 14.7. The minimum atomic E-state index is -0.0901. The van der Waals surface area contributed by atoms with Crippen molar-refractivity contribution in [3.8, 4) is 23.0 Å². The maximum absolute atomic E-state index is 13.0. The number of thioether (sulfide) groups is 1. The molecule has 8 heteroatoms. The van der Waals surface area contributed by atoms with Crippen LogP contribution in [0, 0.1) is 0 Å². The fourth-order valence-corrected chi connectivity index (χ4v) is 4.65. The van der Waals surface area contributed by atoms with Crippen molar-refractivity contribution in [2.24, 2.45) is 0 Å². The second-order valence-corrected chi connectivity index (χ2v) is 9.06. The SMILES string of the molecule is CCCCOc1ccc(/C=C2\SC(=S)N(CCc3ccc(OC)c(OC)c3)C2=O)cc1OC. The van der Waals surface area contributed by atoms with E-state index in [9.17, 15) is 4.79 Å². The lowest BCUT2D eigenvalue weighted by Crippen LogP contribution is -2.30. The molecule has 1 saturated heterocycles. The predicted molar refractivity (Wildman–Crippen MR) is 137 cm³/mol. The van der Waals surface area contributed by atoms with Crippen LogP contribution in [0.25, 0.3) is 6.08 Å². The Morgan fingerprint density at radius 2 is 1.67 bits per heavy atom. The number of carbonyl (C=O) groups excluding carboxylic acids is 1. The summed E-state index contributed by atoms with van der Waals surface area (Å²) in [6, 6.07) is 11.4. The van der Waals surface area contributed by atoms with Crippen LogP contribution in [0.15, 0.2) is 41.3 Å². The van der Waals surface area contributed by atoms with Gasteiger partial charge in [-0.2, -0.15) is 0 Å². The average molecular weight is 488 g/mol. The molecule has 176 valence electrons. The molecule has 1 heterocycles. The van der Waals surface area contributed by atoms with Crippen molar-refractivity contribution in [3.05, 3.63) is 52.4 Å². The van der Waals surface area contributed by atoms with E-state index in [0.29, 0.717) is 51.8 Å². The summed E-state index contributed by atoms with van der Waals surface area (Å²) in [4.78, 5) is 15.2. The van der Waals surface area contributed by atoms with Crippen LogP contribution in [0.4, 0.5) is 0 Å². The molecule has 0 unspecified atom stereocenters. The van der Waals surface area contributed by atoms with Crippen molar-refractivity contribution in [3.63, 3.8) is 0 Å². The summed E-state index contributed by atoms with van der Waals surface area (Å²) >= 11 is 6.79. The van der Waals surface area contributed by atoms with Crippen LogP contribution in [0.5, 0.6) is 23.0 Å². The molecule has 1 amide bonds. The van der Waals surface area contributed by atoms with Crippen molar-refractivity contribution >= 4 is 40.3 Å². The Kier molecular flexibility index (Phi) is 9.03. The van der Waals surface area contributed by atoms with Crippen molar-refractivity contribution in [1.82, 2.24) is 4.90 Å². The van der Waals surface area contributed by atoms with E-state index >= 15 is 0 Å². The number of nitrogens with zero attached hydrogens (tertiary/aromatic N) is 1. The quantitative estimate of drug-likeness (QED) is 0.241. The summed E-state index contributed by atoms with van der Waals surface area (Å²) in [6.07, 6.45) is 4.54. The number of ether oxygens (including phenoxy) is 4. The number of unbranched alkanes of at least 4 members (excludes halogenated alkanes) is 1. The lowest BCUT2D eigenvalue weighted by atomic mass is 10.1. The largest absolute Gasteiger partial charge is 0.493 e. The third kappa shape index (κ3) is 6.21. The molecule has 0 saturated carbocycles. The maximum atomic E-state index is 13.0. The molecule has 0 aromatic heterocycles. The highest BCUT2D eigenvalue weighted by Gasteiger charge is 2.31. The van der Waals surface area contributed by atoms with Gasteiger partial charge < -0.3 is 18.9 Å². The first-order valence-corrected chi connectivity index (χ1v) is 12.0. The Hall–Kier alpha value is -2.71. The van der Waals surface area contributed by atoms with Gasteiger partial charge in [0.25, 0.3) is 5.91 Å². The van der Waals surface area contributed by atoms with Gasteiger partial charge in [-0.05, 0) is 54.3 Å². The minimum absolute atomic E-state index is 0.0901. The molecule has 0 N–H and O–H groups in total. The zero-order valence-corrected chi connectivity index (χ0v) is 21.0. The Morgan fingerprint density at radius 3 is 2.36 bits per heavy atom. The summed E-state index contributed by atoms with van der Waals surface area (Å²) in [5, 5.41) is 0. The summed E-state index contributed by atoms with van der Waals surface area (Å²) < 4.78 is 22.5. The van der Waals surface area contributed by atoms with Gasteiger partial charge in [0.2, 0.25) is 0 Å². The summed E-state index contributed by atoms with van der Waals surface area (Å²) in [5.74, 6) is 2.59. The molecule has 0 bridgehead atoms. The molecule has 2 aromatic carbocycles. The molecule has 1 aliphatic heterocycles. The van der Waals surface area contributed by atoms with E-state index in [1.54, 1.807) is 26.2 Å². The number of thiocarbonyl (C=S) groups is 1. The fourth-order valence-electron chi connectivity index (χ4n) is 3.34. The fraction of sp³-hybridized carbons (Fsp3) is 0.360. The minimum Gasteiger partial charge on any atom is -0.493 e. The van der Waals surface area contributed by atoms with Crippen LogP contribution >= 0.6 is 24.0 Å². The lowest BCUT2D eigenvalue weighted by molar-refractivity contribution is -0.122. The van der Waals surface area contributed by atoms with Gasteiger partial charge >= 0.3 is 0 Å². The summed E-state index contributed by atoms with van der Waals surface area (Å²) in [6.45, 7) is 3.25. The van der Waals surface area contributed by atoms with Gasteiger partial charge in [-0.25, -0.2) is 0 Å². The molecule has 2 aromatic rings. The monoisotopic (exact) mass is 487 g/mol. The Balaban J connectivity index is 1.69. The van der Waals surface area contributed by atoms with E-state index in [1.807, 2.05) is 42.5 Å². The van der Waals surface area contributed by atoms with Crippen LogP contribution in [0.1, 0.15) is 30.9 Å². The average Bonchev–Trinajstić information content (AvgIpc) is 3.10. The maximum Gasteiger partial charge on any atom is 0.266 e. The molecular formula is C25H29NO5S2. The van der Waals surface area contributed by atoms with E-state index in [1.165, 1.54) is 11.8 Å². The molecule has 1 fully saturated rings. The van der Waals surface area contributed by atoms with Gasteiger partial charge in [0.1, 0.15) is 4.32 Å². The van der Waals surface area contributed by atoms with Gasteiger partial charge in [-0.3, -0.25) is 9.69 Å². The van der Waals surface area contributed by atoms with E-state index < -0.39 is 0 Å². The van der Waals surface area contributed by atoms with Crippen molar-refractivity contribution in [2.45, 2.75) is 26.2 Å². The van der Waals surface area contributed by atoms with E-state index in [0.717, 1.165) is 24.0 Å². The van der Waals surface area contributed by atoms with Gasteiger partial charge in [0.05, 0.1) is 32.8 Å².